The van der Waals surface area contributed by atoms with Crippen LogP contribution in [0.25, 0.3) is 10.9 Å². The summed E-state index contributed by atoms with van der Waals surface area (Å²) in [5, 5.41) is 6.92. The van der Waals surface area contributed by atoms with Crippen LogP contribution in [0.4, 0.5) is 10.6 Å². The van der Waals surface area contributed by atoms with Gasteiger partial charge >= 0.3 is 6.09 Å². The average Bonchev–Trinajstić information content (AvgIpc) is 3.06. The van der Waals surface area contributed by atoms with E-state index in [2.05, 4.69) is 32.8 Å². The molecule has 1 aliphatic rings. The maximum atomic E-state index is 12.2. The zero-order valence-electron chi connectivity index (χ0n) is 13.8. The van der Waals surface area contributed by atoms with E-state index in [4.69, 9.17) is 10.5 Å². The van der Waals surface area contributed by atoms with Crippen LogP contribution in [0.3, 0.4) is 0 Å². The van der Waals surface area contributed by atoms with Crippen LogP contribution in [0.15, 0.2) is 11.0 Å². The number of likely N-dealkylation sites (tertiary alicyclic amines) is 1. The van der Waals surface area contributed by atoms with Crippen molar-refractivity contribution in [3.05, 3.63) is 20.1 Å². The zero-order chi connectivity index (χ0) is 17.6. The van der Waals surface area contributed by atoms with Gasteiger partial charge in [-0.15, -0.1) is 0 Å². The summed E-state index contributed by atoms with van der Waals surface area (Å²) in [7, 11) is 0. The summed E-state index contributed by atoms with van der Waals surface area (Å²) >= 11 is 2.15. The number of fused-ring (bicyclic) bond motifs is 1. The number of nitrogens with zero attached hydrogens (tertiary/aromatic N) is 3. The number of ether oxygens (including phenoxy) is 1. The van der Waals surface area contributed by atoms with Crippen LogP contribution in [0.2, 0.25) is 0 Å². The molecule has 3 N–H and O–H groups in total. The van der Waals surface area contributed by atoms with Crippen LogP contribution in [-0.4, -0.2) is 44.4 Å². The molecule has 0 saturated carbocycles. The summed E-state index contributed by atoms with van der Waals surface area (Å²) in [6, 6.07) is 0.00596. The van der Waals surface area contributed by atoms with E-state index in [1.807, 2.05) is 31.5 Å². The van der Waals surface area contributed by atoms with Gasteiger partial charge in [-0.1, -0.05) is 0 Å². The van der Waals surface area contributed by atoms with Crippen LogP contribution >= 0.6 is 22.6 Å². The third-order valence-corrected chi connectivity index (χ3v) is 4.76. The predicted molar refractivity (Wildman–Crippen MR) is 98.9 cm³/mol. The molecule has 2 aromatic heterocycles. The first kappa shape index (κ1) is 17.1. The number of nitrogens with two attached hydrogens (primary N) is 1. The van der Waals surface area contributed by atoms with Crippen LogP contribution in [-0.2, 0) is 4.74 Å². The van der Waals surface area contributed by atoms with Crippen molar-refractivity contribution in [1.82, 2.24) is 19.7 Å². The molecule has 1 atom stereocenters. The number of hydrogen-bond donors (Lipinski definition) is 2. The number of aromatic nitrogens is 3. The van der Waals surface area contributed by atoms with E-state index < -0.39 is 5.60 Å². The highest BCUT2D eigenvalue weighted by Crippen LogP contribution is 2.31. The van der Waals surface area contributed by atoms with Crippen molar-refractivity contribution < 1.29 is 9.53 Å². The number of rotatable bonds is 1. The number of carbonyl (C=O) groups is 1. The minimum Gasteiger partial charge on any atom is -0.444 e. The zero-order valence-corrected chi connectivity index (χ0v) is 16.0. The highest BCUT2D eigenvalue weighted by Gasteiger charge is 2.32. The summed E-state index contributed by atoms with van der Waals surface area (Å²) in [4.78, 5) is 26.1. The smallest absolute Gasteiger partial charge is 0.410 e. The van der Waals surface area contributed by atoms with E-state index in [1.54, 1.807) is 4.90 Å². The van der Waals surface area contributed by atoms with Crippen LogP contribution < -0.4 is 11.3 Å². The molecule has 8 nitrogen and oxygen atoms in total. The van der Waals surface area contributed by atoms with Gasteiger partial charge in [-0.2, -0.15) is 5.10 Å². The van der Waals surface area contributed by atoms with E-state index >= 15 is 0 Å². The summed E-state index contributed by atoms with van der Waals surface area (Å²) < 4.78 is 8.19. The number of hydrogen-bond acceptors (Lipinski definition) is 5. The Hall–Kier alpha value is -1.78. The van der Waals surface area contributed by atoms with Gasteiger partial charge in [0.2, 0.25) is 0 Å². The fourth-order valence-electron chi connectivity index (χ4n) is 2.94. The molecule has 3 heterocycles. The molecule has 2 aromatic rings. The van der Waals surface area contributed by atoms with E-state index in [0.717, 1.165) is 9.99 Å². The third kappa shape index (κ3) is 3.08. The second-order valence-electron chi connectivity index (χ2n) is 6.91. The molecule has 130 valence electrons. The van der Waals surface area contributed by atoms with Gasteiger partial charge in [0.1, 0.15) is 11.1 Å². The highest BCUT2D eigenvalue weighted by molar-refractivity contribution is 14.1. The summed E-state index contributed by atoms with van der Waals surface area (Å²) in [6.45, 7) is 6.62. The van der Waals surface area contributed by atoms with E-state index in [-0.39, 0.29) is 17.7 Å². The lowest BCUT2D eigenvalue weighted by atomic mass is 10.2. The first-order chi connectivity index (χ1) is 11.2. The number of halogens is 1. The summed E-state index contributed by atoms with van der Waals surface area (Å²) in [5.41, 5.74) is 5.60. The Balaban J connectivity index is 1.90. The SMILES string of the molecule is CC(C)(C)OC(=O)N1CC[C@H](n2cc(I)c3c(N)n[nH]c(=O)c32)C1. The molecule has 0 aliphatic carbocycles. The lowest BCUT2D eigenvalue weighted by Gasteiger charge is -2.24. The molecule has 3 rings (SSSR count). The molecule has 0 bridgehead atoms. The van der Waals surface area contributed by atoms with Crippen LogP contribution in [0.1, 0.15) is 33.2 Å². The largest absolute Gasteiger partial charge is 0.444 e. The van der Waals surface area contributed by atoms with Crippen molar-refractivity contribution in [2.45, 2.75) is 38.8 Å². The van der Waals surface area contributed by atoms with Gasteiger partial charge in [-0.3, -0.25) is 4.79 Å². The standard InChI is InChI=1S/C15H20IN5O3/c1-15(2,3)24-14(23)20-5-4-8(6-20)21-7-9(16)10-11(21)13(22)19-18-12(10)17/h7-8H,4-6H2,1-3H3,(H2,17,18)(H,19,22)/t8-/m0/s1. The van der Waals surface area contributed by atoms with Gasteiger partial charge in [0, 0.05) is 22.9 Å². The van der Waals surface area contributed by atoms with Crippen molar-refractivity contribution in [3.8, 4) is 0 Å². The number of carbonyl (C=O) groups excluding carboxylic acids is 1. The maximum Gasteiger partial charge on any atom is 0.410 e. The molecule has 1 amide bonds. The first-order valence-corrected chi connectivity index (χ1v) is 8.77. The lowest BCUT2D eigenvalue weighted by molar-refractivity contribution is 0.0289. The summed E-state index contributed by atoms with van der Waals surface area (Å²) in [6.07, 6.45) is 2.31. The molecule has 1 fully saturated rings. The molecule has 24 heavy (non-hydrogen) atoms. The Bertz CT molecular complexity index is 851. The number of aromatic amines is 1. The second-order valence-corrected chi connectivity index (χ2v) is 8.08. The number of nitrogens with one attached hydrogen (secondary N) is 1. The number of amides is 1. The van der Waals surface area contributed by atoms with E-state index in [1.165, 1.54) is 0 Å². The Morgan fingerprint density at radius 1 is 1.50 bits per heavy atom. The molecule has 1 saturated heterocycles. The van der Waals surface area contributed by atoms with Crippen LogP contribution in [0.5, 0.6) is 0 Å². The second kappa shape index (κ2) is 5.94. The highest BCUT2D eigenvalue weighted by atomic mass is 127. The Morgan fingerprint density at radius 2 is 2.21 bits per heavy atom. The Kier molecular flexibility index (Phi) is 4.22. The average molecular weight is 445 g/mol. The Labute approximate surface area is 152 Å². The van der Waals surface area contributed by atoms with Crippen molar-refractivity contribution in [2.24, 2.45) is 0 Å². The monoisotopic (exact) mass is 445 g/mol. The quantitative estimate of drug-likeness (QED) is 0.654. The van der Waals surface area contributed by atoms with Gasteiger partial charge in [0.15, 0.2) is 5.82 Å². The minimum atomic E-state index is -0.526. The molecule has 1 aliphatic heterocycles. The number of nitrogen functional groups attached to an aromatic ring is 1. The van der Waals surface area contributed by atoms with Gasteiger partial charge in [0.25, 0.3) is 5.56 Å². The normalized spacial score (nSPS) is 18.3. The van der Waals surface area contributed by atoms with Gasteiger partial charge in [-0.25, -0.2) is 9.89 Å². The number of H-pyrrole nitrogens is 1. The van der Waals surface area contributed by atoms with Crippen molar-refractivity contribution >= 4 is 45.4 Å². The molecule has 0 radical (unpaired) electrons. The molecular formula is C15H20IN5O3. The fourth-order valence-corrected chi connectivity index (χ4v) is 3.77. The molecule has 0 unspecified atom stereocenters. The van der Waals surface area contributed by atoms with Crippen LogP contribution in [0, 0.1) is 3.57 Å². The topological polar surface area (TPSA) is 106 Å². The predicted octanol–water partition coefficient (Wildman–Crippen LogP) is 2.09. The maximum absolute atomic E-state index is 12.2. The third-order valence-electron chi connectivity index (χ3n) is 3.94. The fraction of sp³-hybridized carbons (Fsp3) is 0.533. The van der Waals surface area contributed by atoms with Crippen molar-refractivity contribution in [3.63, 3.8) is 0 Å². The van der Waals surface area contributed by atoms with Gasteiger partial charge < -0.3 is 19.9 Å². The van der Waals surface area contributed by atoms with Gasteiger partial charge in [-0.05, 0) is 49.8 Å². The van der Waals surface area contributed by atoms with E-state index in [0.29, 0.717) is 29.8 Å². The lowest BCUT2D eigenvalue weighted by Crippen LogP contribution is -2.35. The van der Waals surface area contributed by atoms with E-state index in [9.17, 15) is 9.59 Å². The first-order valence-electron chi connectivity index (χ1n) is 7.69. The molecular weight excluding hydrogens is 425 g/mol. The van der Waals surface area contributed by atoms with Crippen molar-refractivity contribution in [2.75, 3.05) is 18.8 Å². The number of anilines is 1. The minimum absolute atomic E-state index is 0.00596. The molecule has 9 heteroatoms. The summed E-state index contributed by atoms with van der Waals surface area (Å²) in [5.74, 6) is 0.301. The van der Waals surface area contributed by atoms with Gasteiger partial charge in [0.05, 0.1) is 11.4 Å². The molecule has 0 spiro atoms. The molecule has 0 aromatic carbocycles. The Morgan fingerprint density at radius 3 is 2.88 bits per heavy atom. The van der Waals surface area contributed by atoms with Crippen molar-refractivity contribution in [1.29, 1.82) is 0 Å².